The standard InChI is InChI=1S/C33H27N3O2/c1-38-26-15-13-23(14-16-26)29-30(28(22-11-12-22)25(19-34)20-35)31-27-10-6-5-7-21(27)17-18-36(31)32(29)33(37)24-8-3-2-4-9-24/h2-10,13-18,22,29-32H,11-12H2,1H3/t29-,30+,31-,32-/m1/s1. The molecule has 0 radical (unpaired) electrons. The van der Waals surface area contributed by atoms with Gasteiger partial charge in [0, 0.05) is 23.6 Å². The highest BCUT2D eigenvalue weighted by Gasteiger charge is 2.56. The van der Waals surface area contributed by atoms with Crippen molar-refractivity contribution in [3.05, 3.63) is 118 Å². The summed E-state index contributed by atoms with van der Waals surface area (Å²) in [5.41, 5.74) is 4.97. The molecule has 0 aromatic heterocycles. The first-order chi connectivity index (χ1) is 18.7. The molecular formula is C33H27N3O2. The first-order valence-electron chi connectivity index (χ1n) is 13.0. The Bertz CT molecular complexity index is 1500. The van der Waals surface area contributed by atoms with Crippen molar-refractivity contribution in [3.63, 3.8) is 0 Å². The van der Waals surface area contributed by atoms with Gasteiger partial charge < -0.3 is 9.64 Å². The number of methoxy groups -OCH3 is 1. The van der Waals surface area contributed by atoms with Crippen LogP contribution in [-0.2, 0) is 0 Å². The van der Waals surface area contributed by atoms with Crippen LogP contribution < -0.4 is 4.74 Å². The second-order valence-electron chi connectivity index (χ2n) is 10.2. The van der Waals surface area contributed by atoms with Crippen LogP contribution in [0.5, 0.6) is 5.75 Å². The maximum Gasteiger partial charge on any atom is 0.185 e. The number of ketones is 1. The van der Waals surface area contributed by atoms with E-state index < -0.39 is 6.04 Å². The molecule has 2 fully saturated rings. The van der Waals surface area contributed by atoms with Gasteiger partial charge in [-0.05, 0) is 59.2 Å². The highest BCUT2D eigenvalue weighted by Crippen LogP contribution is 2.59. The number of hydrogen-bond donors (Lipinski definition) is 0. The Morgan fingerprint density at radius 1 is 0.921 bits per heavy atom. The minimum absolute atomic E-state index is 0.0357. The highest BCUT2D eigenvalue weighted by atomic mass is 16.5. The quantitative estimate of drug-likeness (QED) is 0.289. The fourth-order valence-corrected chi connectivity index (χ4v) is 6.42. The van der Waals surface area contributed by atoms with Crippen LogP contribution in [0.15, 0.2) is 96.2 Å². The van der Waals surface area contributed by atoms with E-state index in [9.17, 15) is 15.3 Å². The largest absolute Gasteiger partial charge is 0.497 e. The second kappa shape index (κ2) is 9.69. The van der Waals surface area contributed by atoms with E-state index >= 15 is 0 Å². The lowest BCUT2D eigenvalue weighted by atomic mass is 9.72. The van der Waals surface area contributed by atoms with Gasteiger partial charge in [0.2, 0.25) is 0 Å². The van der Waals surface area contributed by atoms with Crippen molar-refractivity contribution in [1.29, 1.82) is 10.5 Å². The molecule has 2 aliphatic heterocycles. The lowest BCUT2D eigenvalue weighted by Crippen LogP contribution is -2.37. The van der Waals surface area contributed by atoms with Crippen LogP contribution in [0.25, 0.3) is 6.08 Å². The number of Topliss-reactive ketones (excluding diaryl/α,β-unsaturated/α-hetero) is 1. The van der Waals surface area contributed by atoms with E-state index in [2.05, 4.69) is 35.2 Å². The highest BCUT2D eigenvalue weighted by molar-refractivity contribution is 6.01. The van der Waals surface area contributed by atoms with Crippen LogP contribution in [0.3, 0.4) is 0 Å². The zero-order valence-corrected chi connectivity index (χ0v) is 21.1. The average Bonchev–Trinajstić information content (AvgIpc) is 3.76. The molecular weight excluding hydrogens is 470 g/mol. The van der Waals surface area contributed by atoms with Crippen LogP contribution in [0, 0.1) is 34.5 Å². The van der Waals surface area contributed by atoms with E-state index in [-0.39, 0.29) is 35.2 Å². The zero-order valence-electron chi connectivity index (χ0n) is 21.1. The first kappa shape index (κ1) is 23.8. The molecule has 1 saturated carbocycles. The molecule has 5 nitrogen and oxygen atoms in total. The number of nitrogens with zero attached hydrogens (tertiary/aromatic N) is 3. The summed E-state index contributed by atoms with van der Waals surface area (Å²) in [6.07, 6.45) is 6.02. The average molecular weight is 498 g/mol. The Morgan fingerprint density at radius 3 is 2.26 bits per heavy atom. The van der Waals surface area contributed by atoms with Crippen molar-refractivity contribution in [1.82, 2.24) is 4.90 Å². The van der Waals surface area contributed by atoms with Gasteiger partial charge in [0.15, 0.2) is 5.78 Å². The molecule has 3 aromatic rings. The molecule has 3 aromatic carbocycles. The summed E-state index contributed by atoms with van der Waals surface area (Å²) in [5, 5.41) is 20.1. The Morgan fingerprint density at radius 2 is 1.61 bits per heavy atom. The van der Waals surface area contributed by atoms with E-state index in [1.165, 1.54) is 0 Å². The minimum atomic E-state index is -0.502. The monoisotopic (exact) mass is 497 g/mol. The van der Waals surface area contributed by atoms with Gasteiger partial charge in [-0.2, -0.15) is 10.5 Å². The number of allylic oxidation sites excluding steroid dienone is 1. The number of nitriles is 2. The number of carbonyl (C=O) groups is 1. The Kier molecular flexibility index (Phi) is 6.06. The Hall–Kier alpha value is -4.61. The first-order valence-corrected chi connectivity index (χ1v) is 13.0. The van der Waals surface area contributed by atoms with Crippen molar-refractivity contribution >= 4 is 11.9 Å². The molecule has 6 rings (SSSR count). The van der Waals surface area contributed by atoms with Crippen molar-refractivity contribution in [2.75, 3.05) is 7.11 Å². The van der Waals surface area contributed by atoms with Crippen LogP contribution in [-0.4, -0.2) is 23.8 Å². The molecule has 1 saturated heterocycles. The van der Waals surface area contributed by atoms with Crippen molar-refractivity contribution in [2.24, 2.45) is 11.8 Å². The second-order valence-corrected chi connectivity index (χ2v) is 10.2. The molecule has 0 amide bonds. The lowest BCUT2D eigenvalue weighted by molar-refractivity contribution is 0.0874. The predicted molar refractivity (Wildman–Crippen MR) is 145 cm³/mol. The minimum Gasteiger partial charge on any atom is -0.497 e. The van der Waals surface area contributed by atoms with Gasteiger partial charge in [-0.1, -0.05) is 66.7 Å². The fourth-order valence-electron chi connectivity index (χ4n) is 6.42. The maximum absolute atomic E-state index is 14.3. The Balaban J connectivity index is 1.62. The molecule has 3 aliphatic rings. The number of hydrogen-bond acceptors (Lipinski definition) is 5. The third kappa shape index (κ3) is 3.88. The van der Waals surface area contributed by atoms with Crippen molar-refractivity contribution < 1.29 is 9.53 Å². The molecule has 0 unspecified atom stereocenters. The van der Waals surface area contributed by atoms with Gasteiger partial charge in [-0.15, -0.1) is 0 Å². The smallest absolute Gasteiger partial charge is 0.185 e. The lowest BCUT2D eigenvalue weighted by Gasteiger charge is -2.35. The van der Waals surface area contributed by atoms with E-state index in [0.717, 1.165) is 40.9 Å². The maximum atomic E-state index is 14.3. The molecule has 5 heteroatoms. The third-order valence-electron chi connectivity index (χ3n) is 8.17. The number of carbonyl (C=O) groups excluding carboxylic acids is 1. The van der Waals surface area contributed by atoms with Crippen LogP contribution in [0.4, 0.5) is 0 Å². The molecule has 1 aliphatic carbocycles. The van der Waals surface area contributed by atoms with E-state index in [1.807, 2.05) is 72.9 Å². The van der Waals surface area contributed by atoms with Gasteiger partial charge in [-0.25, -0.2) is 0 Å². The normalized spacial score (nSPS) is 23.0. The summed E-state index contributed by atoms with van der Waals surface area (Å²) >= 11 is 0. The number of fused-ring (bicyclic) bond motifs is 3. The summed E-state index contributed by atoms with van der Waals surface area (Å²) in [5.74, 6) is 0.481. The molecule has 0 bridgehead atoms. The summed E-state index contributed by atoms with van der Waals surface area (Å²) in [6.45, 7) is 0. The van der Waals surface area contributed by atoms with Gasteiger partial charge >= 0.3 is 0 Å². The molecule has 186 valence electrons. The van der Waals surface area contributed by atoms with Gasteiger partial charge in [0.1, 0.15) is 23.5 Å². The van der Waals surface area contributed by atoms with Crippen LogP contribution in [0.2, 0.25) is 0 Å². The number of rotatable bonds is 6. The van der Waals surface area contributed by atoms with E-state index in [0.29, 0.717) is 5.56 Å². The van der Waals surface area contributed by atoms with Crippen LogP contribution in [0.1, 0.15) is 51.8 Å². The Labute approximate surface area is 222 Å². The van der Waals surface area contributed by atoms with E-state index in [1.54, 1.807) is 7.11 Å². The molecule has 38 heavy (non-hydrogen) atoms. The summed E-state index contributed by atoms with van der Waals surface area (Å²) in [7, 11) is 1.64. The van der Waals surface area contributed by atoms with Gasteiger partial charge in [-0.3, -0.25) is 4.79 Å². The number of benzene rings is 3. The molecule has 4 atom stereocenters. The van der Waals surface area contributed by atoms with Crippen molar-refractivity contribution in [2.45, 2.75) is 30.8 Å². The number of ether oxygens (including phenoxy) is 1. The van der Waals surface area contributed by atoms with Crippen molar-refractivity contribution in [3.8, 4) is 17.9 Å². The molecule has 2 heterocycles. The molecule has 0 spiro atoms. The summed E-state index contributed by atoms with van der Waals surface area (Å²) in [4.78, 5) is 16.5. The topological polar surface area (TPSA) is 77.1 Å². The van der Waals surface area contributed by atoms with Gasteiger partial charge in [0.25, 0.3) is 0 Å². The predicted octanol–water partition coefficient (Wildman–Crippen LogP) is 6.44. The van der Waals surface area contributed by atoms with Crippen LogP contribution >= 0.6 is 0 Å². The SMILES string of the molecule is COc1ccc([C@@H]2[C@H](C(=C(C#N)C#N)C3CC3)[C@H]3c4ccccc4C=CN3[C@H]2C(=O)c2ccccc2)cc1. The summed E-state index contributed by atoms with van der Waals surface area (Å²) < 4.78 is 5.43. The van der Waals surface area contributed by atoms with E-state index in [4.69, 9.17) is 4.74 Å². The molecule has 0 N–H and O–H groups in total. The van der Waals surface area contributed by atoms with Gasteiger partial charge in [0.05, 0.1) is 19.2 Å². The fraction of sp³-hybridized carbons (Fsp3) is 0.242. The summed E-state index contributed by atoms with van der Waals surface area (Å²) in [6, 6.07) is 29.3. The zero-order chi connectivity index (χ0) is 26.2. The third-order valence-corrected chi connectivity index (χ3v) is 8.17.